The van der Waals surface area contributed by atoms with Crippen molar-refractivity contribution in [1.29, 1.82) is 0 Å². The summed E-state index contributed by atoms with van der Waals surface area (Å²) in [4.78, 5) is 37.2. The van der Waals surface area contributed by atoms with Crippen LogP contribution in [-0.4, -0.2) is 22.8 Å². The summed E-state index contributed by atoms with van der Waals surface area (Å²) < 4.78 is 5.81. The molecule has 1 aromatic rings. The Morgan fingerprint density at radius 1 is 1.16 bits per heavy atom. The summed E-state index contributed by atoms with van der Waals surface area (Å²) in [5.74, 6) is -1.00. The number of allylic oxidation sites excluding steroid dienone is 3. The van der Waals surface area contributed by atoms with E-state index in [-0.39, 0.29) is 23.0 Å². The quantitative estimate of drug-likeness (QED) is 0.428. The maximum Gasteiger partial charge on any atom is 0.337 e. The van der Waals surface area contributed by atoms with Crippen LogP contribution in [0.2, 0.25) is 0 Å². The van der Waals surface area contributed by atoms with Gasteiger partial charge in [0.1, 0.15) is 6.10 Å². The second kappa shape index (κ2) is 7.94. The first-order chi connectivity index (χ1) is 14.7. The number of Topliss-reactive ketones (excluding diaryl/α,β-unsaturated/α-hetero) is 1. The van der Waals surface area contributed by atoms with E-state index in [0.717, 1.165) is 31.4 Å². The van der Waals surface area contributed by atoms with Crippen molar-refractivity contribution in [3.05, 3.63) is 62.5 Å². The molecule has 4 rings (SSSR count). The minimum Gasteiger partial charge on any atom is -0.459 e. The van der Waals surface area contributed by atoms with Crippen molar-refractivity contribution in [2.24, 2.45) is 5.41 Å². The molecule has 1 heterocycles. The lowest BCUT2D eigenvalue weighted by atomic mass is 9.68. The normalized spacial score (nSPS) is 23.5. The summed E-state index contributed by atoms with van der Waals surface area (Å²) in [5, 5.41) is 14.4. The van der Waals surface area contributed by atoms with Crippen LogP contribution in [0.5, 0.6) is 0 Å². The lowest BCUT2D eigenvalue weighted by Gasteiger charge is -2.39. The van der Waals surface area contributed by atoms with E-state index in [1.54, 1.807) is 12.1 Å². The van der Waals surface area contributed by atoms with Crippen molar-refractivity contribution < 1.29 is 19.2 Å². The van der Waals surface area contributed by atoms with Crippen LogP contribution in [-0.2, 0) is 14.3 Å². The van der Waals surface area contributed by atoms with Crippen LogP contribution in [0.1, 0.15) is 70.8 Å². The molecule has 1 atom stereocenters. The molecule has 1 saturated carbocycles. The Hall–Kier alpha value is -2.96. The van der Waals surface area contributed by atoms with Gasteiger partial charge in [-0.15, -0.1) is 0 Å². The van der Waals surface area contributed by atoms with Crippen molar-refractivity contribution in [2.45, 2.75) is 71.3 Å². The number of benzene rings is 1. The number of non-ortho nitro benzene ring substituents is 1. The number of esters is 1. The van der Waals surface area contributed by atoms with Crippen LogP contribution >= 0.6 is 0 Å². The molecule has 0 bridgehead atoms. The molecule has 31 heavy (non-hydrogen) atoms. The SMILES string of the molecule is CC1=C(C(=O)OC2CCCC2)C(c2ccc([N+](=O)[O-])cc2)C2=C(CC(C)(C)CC2=O)N1. The van der Waals surface area contributed by atoms with Crippen LogP contribution < -0.4 is 5.32 Å². The third-order valence-electron chi connectivity index (χ3n) is 6.47. The van der Waals surface area contributed by atoms with Gasteiger partial charge in [0.25, 0.3) is 5.69 Å². The minimum absolute atomic E-state index is 0.000712. The lowest BCUT2D eigenvalue weighted by molar-refractivity contribution is -0.384. The van der Waals surface area contributed by atoms with E-state index < -0.39 is 16.8 Å². The van der Waals surface area contributed by atoms with Gasteiger partial charge < -0.3 is 10.1 Å². The smallest absolute Gasteiger partial charge is 0.337 e. The van der Waals surface area contributed by atoms with Gasteiger partial charge in [-0.3, -0.25) is 14.9 Å². The van der Waals surface area contributed by atoms with Crippen LogP contribution in [0.15, 0.2) is 46.8 Å². The predicted molar refractivity (Wildman–Crippen MR) is 115 cm³/mol. The van der Waals surface area contributed by atoms with Gasteiger partial charge in [0.05, 0.1) is 10.5 Å². The number of nitro benzene ring substituents is 1. The first-order valence-electron chi connectivity index (χ1n) is 10.9. The van der Waals surface area contributed by atoms with Crippen LogP contribution in [0, 0.1) is 15.5 Å². The summed E-state index contributed by atoms with van der Waals surface area (Å²) in [6, 6.07) is 6.12. The van der Waals surface area contributed by atoms with E-state index in [9.17, 15) is 19.7 Å². The second-order valence-electron chi connectivity index (χ2n) is 9.59. The van der Waals surface area contributed by atoms with E-state index in [1.165, 1.54) is 12.1 Å². The molecule has 3 aliphatic rings. The summed E-state index contributed by atoms with van der Waals surface area (Å²) >= 11 is 0. The predicted octanol–water partition coefficient (Wildman–Crippen LogP) is 4.68. The van der Waals surface area contributed by atoms with Gasteiger partial charge in [0.2, 0.25) is 0 Å². The number of ketones is 1. The zero-order chi connectivity index (χ0) is 22.3. The van der Waals surface area contributed by atoms with E-state index in [0.29, 0.717) is 35.2 Å². The number of hydrogen-bond donors (Lipinski definition) is 1. The van der Waals surface area contributed by atoms with Gasteiger partial charge in [-0.2, -0.15) is 0 Å². The number of carbonyl (C=O) groups is 2. The fourth-order valence-corrected chi connectivity index (χ4v) is 5.05. The Morgan fingerprint density at radius 2 is 1.81 bits per heavy atom. The average molecular weight is 424 g/mol. The molecule has 0 aromatic heterocycles. The molecule has 0 amide bonds. The molecule has 7 heteroatoms. The second-order valence-corrected chi connectivity index (χ2v) is 9.59. The maximum atomic E-state index is 13.3. The highest BCUT2D eigenvalue weighted by Gasteiger charge is 2.43. The van der Waals surface area contributed by atoms with E-state index in [4.69, 9.17) is 4.74 Å². The van der Waals surface area contributed by atoms with Crippen molar-refractivity contribution in [2.75, 3.05) is 0 Å². The van der Waals surface area contributed by atoms with Crippen molar-refractivity contribution in [3.8, 4) is 0 Å². The number of rotatable bonds is 4. The van der Waals surface area contributed by atoms with Crippen LogP contribution in [0.4, 0.5) is 5.69 Å². The van der Waals surface area contributed by atoms with Gasteiger partial charge >= 0.3 is 5.97 Å². The molecule has 1 N–H and O–H groups in total. The van der Waals surface area contributed by atoms with E-state index in [2.05, 4.69) is 19.2 Å². The Kier molecular flexibility index (Phi) is 5.45. The highest BCUT2D eigenvalue weighted by atomic mass is 16.6. The summed E-state index contributed by atoms with van der Waals surface area (Å²) in [6.07, 6.45) is 4.79. The number of ether oxygens (including phenoxy) is 1. The monoisotopic (exact) mass is 424 g/mol. The molecule has 7 nitrogen and oxygen atoms in total. The van der Waals surface area contributed by atoms with Crippen molar-refractivity contribution >= 4 is 17.4 Å². The number of nitrogens with zero attached hydrogens (tertiary/aromatic N) is 1. The number of dihydropyridines is 1. The standard InChI is InChI=1S/C24H28N2O5/c1-14-20(23(28)31-17-6-4-5-7-17)21(15-8-10-16(11-9-15)26(29)30)22-18(25-14)12-24(2,3)13-19(22)27/h8-11,17,21,25H,4-7,12-13H2,1-3H3. The molecule has 1 aromatic carbocycles. The van der Waals surface area contributed by atoms with Gasteiger partial charge in [-0.25, -0.2) is 4.79 Å². The molecular formula is C24H28N2O5. The Morgan fingerprint density at radius 3 is 2.42 bits per heavy atom. The van der Waals surface area contributed by atoms with Gasteiger partial charge in [0.15, 0.2) is 5.78 Å². The van der Waals surface area contributed by atoms with Crippen LogP contribution in [0.25, 0.3) is 0 Å². The van der Waals surface area contributed by atoms with Crippen molar-refractivity contribution in [3.63, 3.8) is 0 Å². The maximum absolute atomic E-state index is 13.3. The first kappa shape index (κ1) is 21.3. The number of hydrogen-bond acceptors (Lipinski definition) is 6. The Bertz CT molecular complexity index is 997. The molecule has 1 aliphatic heterocycles. The zero-order valence-corrected chi connectivity index (χ0v) is 18.2. The third-order valence-corrected chi connectivity index (χ3v) is 6.47. The molecule has 0 spiro atoms. The van der Waals surface area contributed by atoms with E-state index in [1.807, 2.05) is 6.92 Å². The highest BCUT2D eigenvalue weighted by molar-refractivity contribution is 6.04. The average Bonchev–Trinajstić information content (AvgIpc) is 3.18. The minimum atomic E-state index is -0.588. The van der Waals surface area contributed by atoms with Gasteiger partial charge in [0, 0.05) is 41.4 Å². The Balaban J connectivity index is 1.78. The molecule has 2 aliphatic carbocycles. The largest absolute Gasteiger partial charge is 0.459 e. The molecule has 0 saturated heterocycles. The highest BCUT2D eigenvalue weighted by Crippen LogP contribution is 2.47. The zero-order valence-electron chi connectivity index (χ0n) is 18.2. The van der Waals surface area contributed by atoms with Gasteiger partial charge in [-0.1, -0.05) is 26.0 Å². The summed E-state index contributed by atoms with van der Waals surface area (Å²) in [7, 11) is 0. The molecular weight excluding hydrogens is 396 g/mol. The van der Waals surface area contributed by atoms with Crippen LogP contribution in [0.3, 0.4) is 0 Å². The molecule has 0 radical (unpaired) electrons. The summed E-state index contributed by atoms with van der Waals surface area (Å²) in [6.45, 7) is 5.94. The third kappa shape index (κ3) is 4.13. The number of nitro groups is 1. The lowest BCUT2D eigenvalue weighted by Crippen LogP contribution is -2.39. The first-order valence-corrected chi connectivity index (χ1v) is 10.9. The Labute approximate surface area is 181 Å². The fraction of sp³-hybridized carbons (Fsp3) is 0.500. The summed E-state index contributed by atoms with van der Waals surface area (Å²) in [5.41, 5.74) is 2.99. The van der Waals surface area contributed by atoms with E-state index >= 15 is 0 Å². The van der Waals surface area contributed by atoms with Crippen molar-refractivity contribution in [1.82, 2.24) is 5.32 Å². The molecule has 164 valence electrons. The molecule has 1 unspecified atom stereocenters. The number of nitrogens with one attached hydrogen (secondary N) is 1. The number of carbonyl (C=O) groups excluding carboxylic acids is 2. The molecule has 1 fully saturated rings. The van der Waals surface area contributed by atoms with Gasteiger partial charge in [-0.05, 0) is 50.0 Å². The fourth-order valence-electron chi connectivity index (χ4n) is 5.05. The topological polar surface area (TPSA) is 98.5 Å².